The van der Waals surface area contributed by atoms with E-state index in [0.717, 1.165) is 19.1 Å². The Balaban J connectivity index is 2.36. The van der Waals surface area contributed by atoms with Crippen molar-refractivity contribution >= 4 is 0 Å². The molecule has 0 atom stereocenters. The Morgan fingerprint density at radius 2 is 1.73 bits per heavy atom. The van der Waals surface area contributed by atoms with Crippen molar-refractivity contribution in [2.45, 2.75) is 64.3 Å². The van der Waals surface area contributed by atoms with Gasteiger partial charge in [-0.15, -0.1) is 0 Å². The molecule has 2 nitrogen and oxygen atoms in total. The molecule has 0 unspecified atom stereocenters. The number of unbranched alkanes of at least 4 members (excludes halogenated alkanes) is 1. The van der Waals surface area contributed by atoms with Crippen molar-refractivity contribution in [2.75, 3.05) is 19.6 Å². The van der Waals surface area contributed by atoms with Crippen molar-refractivity contribution in [3.8, 4) is 0 Å². The topological polar surface area (TPSA) is 29.3 Å². The monoisotopic (exact) mass is 212 g/mol. The second-order valence-corrected chi connectivity index (χ2v) is 4.82. The van der Waals surface area contributed by atoms with Crippen LogP contribution in [0.1, 0.15) is 58.3 Å². The summed E-state index contributed by atoms with van der Waals surface area (Å²) < 4.78 is 0. The first kappa shape index (κ1) is 13.0. The molecule has 90 valence electrons. The lowest BCUT2D eigenvalue weighted by molar-refractivity contribution is 0.181. The summed E-state index contributed by atoms with van der Waals surface area (Å²) in [5.41, 5.74) is 5.71. The van der Waals surface area contributed by atoms with Crippen LogP contribution in [0.3, 0.4) is 0 Å². The molecule has 1 aliphatic carbocycles. The van der Waals surface area contributed by atoms with Gasteiger partial charge in [0.15, 0.2) is 0 Å². The number of hydrogen-bond acceptors (Lipinski definition) is 2. The summed E-state index contributed by atoms with van der Waals surface area (Å²) in [4.78, 5) is 2.65. The van der Waals surface area contributed by atoms with Gasteiger partial charge in [-0.25, -0.2) is 0 Å². The highest BCUT2D eigenvalue weighted by Gasteiger charge is 2.18. The summed E-state index contributed by atoms with van der Waals surface area (Å²) in [6, 6.07) is 0.836. The van der Waals surface area contributed by atoms with Gasteiger partial charge < -0.3 is 5.73 Å². The third-order valence-electron chi connectivity index (χ3n) is 3.56. The Kier molecular flexibility index (Phi) is 7.03. The number of nitrogens with zero attached hydrogens (tertiary/aromatic N) is 1. The molecule has 0 amide bonds. The molecule has 0 aromatic heterocycles. The van der Waals surface area contributed by atoms with Gasteiger partial charge in [0.25, 0.3) is 0 Å². The fraction of sp³-hybridized carbons (Fsp3) is 1.00. The summed E-state index contributed by atoms with van der Waals surface area (Å²) in [5, 5.41) is 0. The van der Waals surface area contributed by atoms with Crippen LogP contribution in [0.15, 0.2) is 0 Å². The van der Waals surface area contributed by atoms with Gasteiger partial charge in [-0.05, 0) is 25.8 Å². The lowest BCUT2D eigenvalue weighted by Crippen LogP contribution is -2.39. The molecule has 1 fully saturated rings. The zero-order chi connectivity index (χ0) is 10.9. The van der Waals surface area contributed by atoms with Crippen LogP contribution in [0.25, 0.3) is 0 Å². The van der Waals surface area contributed by atoms with Gasteiger partial charge in [-0.2, -0.15) is 0 Å². The maximum Gasteiger partial charge on any atom is 0.0108 e. The van der Waals surface area contributed by atoms with E-state index in [1.165, 1.54) is 57.9 Å². The van der Waals surface area contributed by atoms with E-state index in [2.05, 4.69) is 11.8 Å². The zero-order valence-corrected chi connectivity index (χ0v) is 10.4. The molecule has 0 aromatic rings. The van der Waals surface area contributed by atoms with Gasteiger partial charge in [0.2, 0.25) is 0 Å². The van der Waals surface area contributed by atoms with E-state index >= 15 is 0 Å². The Morgan fingerprint density at radius 1 is 1.07 bits per heavy atom. The van der Waals surface area contributed by atoms with Gasteiger partial charge >= 0.3 is 0 Å². The van der Waals surface area contributed by atoms with Gasteiger partial charge in [-0.3, -0.25) is 4.90 Å². The first-order chi connectivity index (χ1) is 7.38. The molecule has 0 spiro atoms. The largest absolute Gasteiger partial charge is 0.329 e. The molecular weight excluding hydrogens is 184 g/mol. The molecule has 15 heavy (non-hydrogen) atoms. The molecule has 0 aromatic carbocycles. The molecule has 0 aliphatic heterocycles. The zero-order valence-electron chi connectivity index (χ0n) is 10.4. The lowest BCUT2D eigenvalue weighted by Gasteiger charge is -2.30. The Labute approximate surface area is 95.2 Å². The van der Waals surface area contributed by atoms with Crippen molar-refractivity contribution < 1.29 is 0 Å². The fourth-order valence-electron chi connectivity index (χ4n) is 2.63. The quantitative estimate of drug-likeness (QED) is 0.686. The summed E-state index contributed by atoms with van der Waals surface area (Å²) in [5.74, 6) is 0. The SMILES string of the molecule is CCCCN(CCN)C1CCCCCC1. The molecule has 0 radical (unpaired) electrons. The Bertz CT molecular complexity index is 139. The number of nitrogens with two attached hydrogens (primary N) is 1. The van der Waals surface area contributed by atoms with Crippen molar-refractivity contribution in [3.05, 3.63) is 0 Å². The normalized spacial score (nSPS) is 19.4. The third-order valence-corrected chi connectivity index (χ3v) is 3.56. The van der Waals surface area contributed by atoms with Gasteiger partial charge in [0, 0.05) is 19.1 Å². The molecule has 0 bridgehead atoms. The van der Waals surface area contributed by atoms with Crippen LogP contribution in [0.4, 0.5) is 0 Å². The second kappa shape index (κ2) is 8.12. The van der Waals surface area contributed by atoms with Crippen molar-refractivity contribution in [1.29, 1.82) is 0 Å². The van der Waals surface area contributed by atoms with E-state index in [0.29, 0.717) is 0 Å². The van der Waals surface area contributed by atoms with Gasteiger partial charge in [-0.1, -0.05) is 39.0 Å². The first-order valence-electron chi connectivity index (χ1n) is 6.82. The Morgan fingerprint density at radius 3 is 2.27 bits per heavy atom. The van der Waals surface area contributed by atoms with E-state index in [9.17, 15) is 0 Å². The summed E-state index contributed by atoms with van der Waals surface area (Å²) in [7, 11) is 0. The highest BCUT2D eigenvalue weighted by molar-refractivity contribution is 4.74. The fourth-order valence-corrected chi connectivity index (χ4v) is 2.63. The van der Waals surface area contributed by atoms with Crippen LogP contribution in [-0.2, 0) is 0 Å². The molecule has 1 saturated carbocycles. The molecule has 0 saturated heterocycles. The van der Waals surface area contributed by atoms with E-state index in [1.807, 2.05) is 0 Å². The molecule has 2 heteroatoms. The lowest BCUT2D eigenvalue weighted by atomic mass is 10.1. The van der Waals surface area contributed by atoms with Crippen LogP contribution in [0.2, 0.25) is 0 Å². The Hall–Kier alpha value is -0.0800. The van der Waals surface area contributed by atoms with Crippen molar-refractivity contribution in [2.24, 2.45) is 5.73 Å². The molecule has 0 heterocycles. The number of hydrogen-bond donors (Lipinski definition) is 1. The molecular formula is C13H28N2. The minimum Gasteiger partial charge on any atom is -0.329 e. The predicted molar refractivity (Wildman–Crippen MR) is 67.0 cm³/mol. The molecule has 2 N–H and O–H groups in total. The number of rotatable bonds is 6. The first-order valence-corrected chi connectivity index (χ1v) is 6.82. The van der Waals surface area contributed by atoms with Crippen molar-refractivity contribution in [1.82, 2.24) is 4.90 Å². The minimum absolute atomic E-state index is 0.820. The summed E-state index contributed by atoms with van der Waals surface area (Å²) in [6.07, 6.45) is 11.2. The van der Waals surface area contributed by atoms with Gasteiger partial charge in [0.1, 0.15) is 0 Å². The van der Waals surface area contributed by atoms with E-state index in [-0.39, 0.29) is 0 Å². The smallest absolute Gasteiger partial charge is 0.0108 e. The van der Waals surface area contributed by atoms with E-state index < -0.39 is 0 Å². The maximum absolute atomic E-state index is 5.71. The van der Waals surface area contributed by atoms with E-state index in [1.54, 1.807) is 0 Å². The summed E-state index contributed by atoms with van der Waals surface area (Å²) >= 11 is 0. The average Bonchev–Trinajstić information content (AvgIpc) is 2.52. The van der Waals surface area contributed by atoms with Crippen LogP contribution in [-0.4, -0.2) is 30.6 Å². The van der Waals surface area contributed by atoms with E-state index in [4.69, 9.17) is 5.73 Å². The third kappa shape index (κ3) is 4.98. The second-order valence-electron chi connectivity index (χ2n) is 4.82. The van der Waals surface area contributed by atoms with Gasteiger partial charge in [0.05, 0.1) is 0 Å². The van der Waals surface area contributed by atoms with Crippen molar-refractivity contribution in [3.63, 3.8) is 0 Å². The maximum atomic E-state index is 5.71. The minimum atomic E-state index is 0.820. The average molecular weight is 212 g/mol. The molecule has 1 rings (SSSR count). The van der Waals surface area contributed by atoms with Crippen LogP contribution >= 0.6 is 0 Å². The van der Waals surface area contributed by atoms with Crippen LogP contribution in [0, 0.1) is 0 Å². The van der Waals surface area contributed by atoms with Crippen LogP contribution in [0.5, 0.6) is 0 Å². The highest BCUT2D eigenvalue weighted by atomic mass is 15.2. The summed E-state index contributed by atoms with van der Waals surface area (Å²) in [6.45, 7) is 5.46. The predicted octanol–water partition coefficient (Wildman–Crippen LogP) is 2.77. The highest BCUT2D eigenvalue weighted by Crippen LogP contribution is 2.21. The van der Waals surface area contributed by atoms with Crippen LogP contribution < -0.4 is 5.73 Å². The molecule has 1 aliphatic rings. The standard InChI is InChI=1S/C13H28N2/c1-2-3-11-15(12-10-14)13-8-6-4-5-7-9-13/h13H,2-12,14H2,1H3.